The third-order valence-corrected chi connectivity index (χ3v) is 5.44. The van der Waals surface area contributed by atoms with Gasteiger partial charge in [0.05, 0.1) is 37.9 Å². The summed E-state index contributed by atoms with van der Waals surface area (Å²) in [5, 5.41) is 18.7. The number of amides is 1. The summed E-state index contributed by atoms with van der Waals surface area (Å²) < 4.78 is 6.15. The molecule has 1 unspecified atom stereocenters. The molecule has 148 valence electrons. The molecule has 2 heterocycles. The first-order chi connectivity index (χ1) is 13.1. The van der Waals surface area contributed by atoms with Gasteiger partial charge in [-0.05, 0) is 18.4 Å². The van der Waals surface area contributed by atoms with Crippen LogP contribution in [0.1, 0.15) is 24.8 Å². The molecule has 1 aromatic rings. The zero-order valence-corrected chi connectivity index (χ0v) is 15.8. The Kier molecular flexibility index (Phi) is 7.01. The monoisotopic (exact) mass is 374 g/mol. The fraction of sp³-hybridized carbons (Fsp3) is 0.571. The summed E-state index contributed by atoms with van der Waals surface area (Å²) >= 11 is 0. The lowest BCUT2D eigenvalue weighted by molar-refractivity contribution is -0.131. The van der Waals surface area contributed by atoms with Gasteiger partial charge in [-0.1, -0.05) is 42.5 Å². The second-order valence-electron chi connectivity index (χ2n) is 7.51. The number of hydrogen-bond donors (Lipinski definition) is 2. The summed E-state index contributed by atoms with van der Waals surface area (Å²) in [7, 11) is 0. The molecule has 1 spiro atoms. The largest absolute Gasteiger partial charge is 0.394 e. The summed E-state index contributed by atoms with van der Waals surface area (Å²) in [5.41, 5.74) is 0.828. The number of aliphatic hydroxyl groups excluding tert-OH is 2. The van der Waals surface area contributed by atoms with Gasteiger partial charge < -0.3 is 24.7 Å². The molecule has 0 saturated carbocycles. The first kappa shape index (κ1) is 20.0. The molecule has 2 fully saturated rings. The van der Waals surface area contributed by atoms with Crippen molar-refractivity contribution in [1.82, 2.24) is 9.80 Å². The normalized spacial score (nSPS) is 22.3. The van der Waals surface area contributed by atoms with Crippen LogP contribution in [-0.2, 0) is 9.53 Å². The van der Waals surface area contributed by atoms with E-state index in [1.54, 1.807) is 0 Å². The molecular weight excluding hydrogens is 344 g/mol. The number of ether oxygens (including phenoxy) is 1. The van der Waals surface area contributed by atoms with Crippen LogP contribution in [0.4, 0.5) is 0 Å². The van der Waals surface area contributed by atoms with E-state index >= 15 is 0 Å². The van der Waals surface area contributed by atoms with Gasteiger partial charge in [-0.2, -0.15) is 0 Å². The van der Waals surface area contributed by atoms with Gasteiger partial charge in [0.2, 0.25) is 5.91 Å². The lowest BCUT2D eigenvalue weighted by Gasteiger charge is -2.42. The Hall–Kier alpha value is -1.73. The maximum atomic E-state index is 12.5. The number of carbonyl (C=O) groups excluding carboxylic acids is 1. The van der Waals surface area contributed by atoms with E-state index in [4.69, 9.17) is 9.84 Å². The van der Waals surface area contributed by atoms with Crippen molar-refractivity contribution in [2.24, 2.45) is 0 Å². The second-order valence-corrected chi connectivity index (χ2v) is 7.51. The van der Waals surface area contributed by atoms with Crippen molar-refractivity contribution in [3.05, 3.63) is 42.0 Å². The number of benzene rings is 1. The topological polar surface area (TPSA) is 73.2 Å². The van der Waals surface area contributed by atoms with Crippen molar-refractivity contribution in [3.8, 4) is 0 Å². The summed E-state index contributed by atoms with van der Waals surface area (Å²) in [6, 6.07) is 10.1. The van der Waals surface area contributed by atoms with Crippen molar-refractivity contribution in [3.63, 3.8) is 0 Å². The Morgan fingerprint density at radius 3 is 2.67 bits per heavy atom. The first-order valence-corrected chi connectivity index (χ1v) is 9.75. The Balaban J connectivity index is 1.58. The Labute approximate surface area is 161 Å². The van der Waals surface area contributed by atoms with Crippen LogP contribution >= 0.6 is 0 Å². The number of piperidine rings is 1. The molecule has 2 saturated heterocycles. The molecule has 0 radical (unpaired) electrons. The number of hydrogen-bond acceptors (Lipinski definition) is 5. The van der Waals surface area contributed by atoms with Crippen LogP contribution in [0.15, 0.2) is 36.4 Å². The molecular formula is C21H30N2O4. The first-order valence-electron chi connectivity index (χ1n) is 9.75. The van der Waals surface area contributed by atoms with Crippen molar-refractivity contribution < 1.29 is 19.7 Å². The standard InChI is InChI=1S/C21H30N2O4/c24-16-19(25)15-22-12-9-21(10-13-22)17-23(20(26)8-14-27-21)11-4-7-18-5-2-1-3-6-18/h1-7,19,24-25H,8-17H2. The van der Waals surface area contributed by atoms with Crippen molar-refractivity contribution in [2.75, 3.05) is 45.9 Å². The number of carbonyl (C=O) groups is 1. The highest BCUT2D eigenvalue weighted by molar-refractivity contribution is 5.77. The molecule has 3 rings (SSSR count). The average Bonchev–Trinajstić information content (AvgIpc) is 2.84. The number of aliphatic hydroxyl groups is 2. The summed E-state index contributed by atoms with van der Waals surface area (Å²) in [4.78, 5) is 16.5. The molecule has 1 atom stereocenters. The van der Waals surface area contributed by atoms with Gasteiger partial charge in [0, 0.05) is 26.2 Å². The minimum Gasteiger partial charge on any atom is -0.394 e. The smallest absolute Gasteiger partial charge is 0.225 e. The zero-order valence-electron chi connectivity index (χ0n) is 15.8. The van der Waals surface area contributed by atoms with Crippen molar-refractivity contribution in [2.45, 2.75) is 31.0 Å². The molecule has 27 heavy (non-hydrogen) atoms. The Morgan fingerprint density at radius 2 is 1.96 bits per heavy atom. The van der Waals surface area contributed by atoms with Gasteiger partial charge >= 0.3 is 0 Å². The molecule has 2 N–H and O–H groups in total. The van der Waals surface area contributed by atoms with E-state index in [0.717, 1.165) is 31.5 Å². The molecule has 0 bridgehead atoms. The molecule has 2 aliphatic rings. The van der Waals surface area contributed by atoms with Gasteiger partial charge in [-0.25, -0.2) is 0 Å². The SMILES string of the molecule is O=C1CCOC2(CCN(CC(O)CO)CC2)CN1CC=Cc1ccccc1. The summed E-state index contributed by atoms with van der Waals surface area (Å²) in [6.07, 6.45) is 5.47. The van der Waals surface area contributed by atoms with E-state index in [0.29, 0.717) is 32.7 Å². The van der Waals surface area contributed by atoms with E-state index in [-0.39, 0.29) is 18.1 Å². The summed E-state index contributed by atoms with van der Waals surface area (Å²) in [6.45, 7) is 3.55. The van der Waals surface area contributed by atoms with Gasteiger partial charge in [0.15, 0.2) is 0 Å². The lowest BCUT2D eigenvalue weighted by Crippen LogP contribution is -2.53. The third-order valence-electron chi connectivity index (χ3n) is 5.44. The zero-order chi connectivity index (χ0) is 19.1. The molecule has 1 amide bonds. The van der Waals surface area contributed by atoms with E-state index in [9.17, 15) is 9.90 Å². The number of nitrogens with zero attached hydrogens (tertiary/aromatic N) is 2. The second kappa shape index (κ2) is 9.46. The number of rotatable bonds is 6. The van der Waals surface area contributed by atoms with Crippen LogP contribution in [0.5, 0.6) is 0 Å². The molecule has 0 aromatic heterocycles. The predicted octanol–water partition coefficient (Wildman–Crippen LogP) is 1.14. The minimum absolute atomic E-state index is 0.141. The average molecular weight is 374 g/mol. The minimum atomic E-state index is -0.699. The molecule has 1 aromatic carbocycles. The van der Waals surface area contributed by atoms with E-state index in [1.165, 1.54) is 0 Å². The van der Waals surface area contributed by atoms with Crippen LogP contribution in [0, 0.1) is 0 Å². The molecule has 6 nitrogen and oxygen atoms in total. The van der Waals surface area contributed by atoms with Crippen LogP contribution in [-0.4, -0.2) is 83.6 Å². The highest BCUT2D eigenvalue weighted by Gasteiger charge is 2.40. The van der Waals surface area contributed by atoms with Crippen LogP contribution < -0.4 is 0 Å². The van der Waals surface area contributed by atoms with Gasteiger partial charge in [0.1, 0.15) is 0 Å². The lowest BCUT2D eigenvalue weighted by atomic mass is 9.90. The highest BCUT2D eigenvalue weighted by Crippen LogP contribution is 2.30. The van der Waals surface area contributed by atoms with Crippen molar-refractivity contribution >= 4 is 12.0 Å². The number of likely N-dealkylation sites (tertiary alicyclic amines) is 1. The Bertz CT molecular complexity index is 626. The van der Waals surface area contributed by atoms with E-state index in [1.807, 2.05) is 47.4 Å². The third kappa shape index (κ3) is 5.62. The fourth-order valence-electron chi connectivity index (χ4n) is 3.84. The van der Waals surface area contributed by atoms with Crippen molar-refractivity contribution in [1.29, 1.82) is 0 Å². The maximum Gasteiger partial charge on any atom is 0.225 e. The van der Waals surface area contributed by atoms with Crippen LogP contribution in [0.2, 0.25) is 0 Å². The molecule has 2 aliphatic heterocycles. The highest BCUT2D eigenvalue weighted by atomic mass is 16.5. The van der Waals surface area contributed by atoms with E-state index < -0.39 is 6.10 Å². The quantitative estimate of drug-likeness (QED) is 0.781. The summed E-state index contributed by atoms with van der Waals surface area (Å²) in [5.74, 6) is 0.141. The Morgan fingerprint density at radius 1 is 1.22 bits per heavy atom. The van der Waals surface area contributed by atoms with Crippen LogP contribution in [0.25, 0.3) is 6.08 Å². The van der Waals surface area contributed by atoms with Gasteiger partial charge in [-0.3, -0.25) is 4.79 Å². The van der Waals surface area contributed by atoms with Crippen LogP contribution in [0.3, 0.4) is 0 Å². The molecule has 0 aliphatic carbocycles. The molecule has 6 heteroatoms. The fourth-order valence-corrected chi connectivity index (χ4v) is 3.84. The predicted molar refractivity (Wildman–Crippen MR) is 104 cm³/mol. The number of β-amino-alcohol motifs (C(OH)–C–C–N with tert-alkyl or cyclic N) is 1. The van der Waals surface area contributed by atoms with E-state index in [2.05, 4.69) is 4.90 Å². The van der Waals surface area contributed by atoms with Gasteiger partial charge in [0.25, 0.3) is 0 Å². The maximum absolute atomic E-state index is 12.5. The van der Waals surface area contributed by atoms with Gasteiger partial charge in [-0.15, -0.1) is 0 Å².